The van der Waals surface area contributed by atoms with Gasteiger partial charge in [-0.1, -0.05) is 53.5 Å². The van der Waals surface area contributed by atoms with Crippen LogP contribution in [-0.4, -0.2) is 12.8 Å². The Morgan fingerprint density at radius 1 is 1.03 bits per heavy atom. The molecule has 0 fully saturated rings. The molecule has 0 aliphatic rings. The molecule has 0 radical (unpaired) electrons. The summed E-state index contributed by atoms with van der Waals surface area (Å²) in [6.07, 6.45) is 1.66. The molecule has 0 aliphatic carbocycles. The highest BCUT2D eigenvalue weighted by Crippen LogP contribution is 2.37. The Labute approximate surface area is 191 Å². The van der Waals surface area contributed by atoms with Gasteiger partial charge in [-0.2, -0.15) is 10.4 Å². The average Bonchev–Trinajstić information content (AvgIpc) is 2.78. The van der Waals surface area contributed by atoms with E-state index in [9.17, 15) is 0 Å². The van der Waals surface area contributed by atoms with E-state index in [-0.39, 0.29) is 0 Å². The third-order valence-corrected chi connectivity index (χ3v) is 4.98. The van der Waals surface area contributed by atoms with Gasteiger partial charge in [0.2, 0.25) is 0 Å². The largest absolute Gasteiger partial charge is 0.490 e. The number of hydrogen-bond acceptors (Lipinski definition) is 5. The zero-order valence-electron chi connectivity index (χ0n) is 16.9. The highest BCUT2D eigenvalue weighted by molar-refractivity contribution is 6.32. The number of nitrogens with zero attached hydrogens (tertiary/aromatic N) is 2. The van der Waals surface area contributed by atoms with E-state index in [0.29, 0.717) is 46.9 Å². The van der Waals surface area contributed by atoms with Gasteiger partial charge in [0.05, 0.1) is 36.0 Å². The van der Waals surface area contributed by atoms with Crippen LogP contribution in [0.2, 0.25) is 10.0 Å². The van der Waals surface area contributed by atoms with Gasteiger partial charge in [0.25, 0.3) is 0 Å². The van der Waals surface area contributed by atoms with Crippen molar-refractivity contribution in [3.63, 3.8) is 0 Å². The maximum atomic E-state index is 8.91. The standard InChI is InChI=1S/C24H21Cl2N3O2/c1-2-30-23-12-19(14-28-29-15-20-5-3-4-6-21(20)25)11-22(26)24(23)31-16-18-9-7-17(13-27)8-10-18/h3-12,14,29H,2,15-16H2,1H3/b28-14-. The Kier molecular flexibility index (Phi) is 8.17. The second kappa shape index (κ2) is 11.3. The fourth-order valence-electron chi connectivity index (χ4n) is 2.79. The number of ether oxygens (including phenoxy) is 2. The summed E-state index contributed by atoms with van der Waals surface area (Å²) in [4.78, 5) is 0. The lowest BCUT2D eigenvalue weighted by atomic mass is 10.1. The highest BCUT2D eigenvalue weighted by Gasteiger charge is 2.12. The van der Waals surface area contributed by atoms with Crippen molar-refractivity contribution in [3.8, 4) is 17.6 Å². The van der Waals surface area contributed by atoms with Gasteiger partial charge in [0.15, 0.2) is 11.5 Å². The summed E-state index contributed by atoms with van der Waals surface area (Å²) in [5, 5.41) is 14.3. The molecule has 3 rings (SSSR count). The van der Waals surface area contributed by atoms with Crippen molar-refractivity contribution in [2.75, 3.05) is 6.61 Å². The summed E-state index contributed by atoms with van der Waals surface area (Å²) in [5.74, 6) is 1.00. The number of halogens is 2. The Hall–Kier alpha value is -3.20. The number of hydrogen-bond donors (Lipinski definition) is 1. The Morgan fingerprint density at radius 2 is 1.81 bits per heavy atom. The number of benzene rings is 3. The molecule has 0 heterocycles. The third kappa shape index (κ3) is 6.39. The molecule has 0 aromatic heterocycles. The maximum Gasteiger partial charge on any atom is 0.180 e. The van der Waals surface area contributed by atoms with Crippen LogP contribution in [0.5, 0.6) is 11.5 Å². The van der Waals surface area contributed by atoms with Crippen LogP contribution in [0.3, 0.4) is 0 Å². The van der Waals surface area contributed by atoms with Crippen LogP contribution in [0.15, 0.2) is 65.8 Å². The maximum absolute atomic E-state index is 8.91. The monoisotopic (exact) mass is 453 g/mol. The van der Waals surface area contributed by atoms with E-state index >= 15 is 0 Å². The molecule has 0 atom stereocenters. The van der Waals surface area contributed by atoms with Crippen LogP contribution in [0.1, 0.15) is 29.2 Å². The van der Waals surface area contributed by atoms with Crippen molar-refractivity contribution in [2.24, 2.45) is 5.10 Å². The van der Waals surface area contributed by atoms with Gasteiger partial charge in [-0.15, -0.1) is 0 Å². The quantitative estimate of drug-likeness (QED) is 0.320. The second-order valence-electron chi connectivity index (χ2n) is 6.54. The van der Waals surface area contributed by atoms with E-state index < -0.39 is 0 Å². The van der Waals surface area contributed by atoms with E-state index in [2.05, 4.69) is 16.6 Å². The van der Waals surface area contributed by atoms with Crippen molar-refractivity contribution >= 4 is 29.4 Å². The minimum atomic E-state index is 0.304. The van der Waals surface area contributed by atoms with Gasteiger partial charge in [-0.05, 0) is 53.9 Å². The molecule has 1 N–H and O–H groups in total. The van der Waals surface area contributed by atoms with Gasteiger partial charge in [0.1, 0.15) is 6.61 Å². The Bertz CT molecular complexity index is 1090. The zero-order valence-corrected chi connectivity index (χ0v) is 18.5. The van der Waals surface area contributed by atoms with Gasteiger partial charge in [-0.25, -0.2) is 0 Å². The van der Waals surface area contributed by atoms with Crippen molar-refractivity contribution in [1.29, 1.82) is 5.26 Å². The van der Waals surface area contributed by atoms with Crippen LogP contribution in [0.4, 0.5) is 0 Å². The molecule has 0 saturated heterocycles. The summed E-state index contributed by atoms with van der Waals surface area (Å²) >= 11 is 12.6. The third-order valence-electron chi connectivity index (χ3n) is 4.33. The first-order valence-corrected chi connectivity index (χ1v) is 10.4. The molecule has 0 aliphatic heterocycles. The van der Waals surface area contributed by atoms with E-state index in [0.717, 1.165) is 16.7 Å². The summed E-state index contributed by atoms with van der Waals surface area (Å²) in [6.45, 7) is 3.17. The zero-order chi connectivity index (χ0) is 22.1. The SMILES string of the molecule is CCOc1cc(/C=N\NCc2ccccc2Cl)cc(Cl)c1OCc1ccc(C#N)cc1. The Morgan fingerprint density at radius 3 is 2.52 bits per heavy atom. The lowest BCUT2D eigenvalue weighted by Gasteiger charge is -2.14. The van der Waals surface area contributed by atoms with Crippen LogP contribution >= 0.6 is 23.2 Å². The minimum Gasteiger partial charge on any atom is -0.490 e. The molecule has 3 aromatic rings. The molecule has 7 heteroatoms. The molecule has 31 heavy (non-hydrogen) atoms. The van der Waals surface area contributed by atoms with E-state index in [4.69, 9.17) is 37.9 Å². The second-order valence-corrected chi connectivity index (χ2v) is 7.36. The first kappa shape index (κ1) is 22.5. The lowest BCUT2D eigenvalue weighted by molar-refractivity contribution is 0.269. The van der Waals surface area contributed by atoms with Crippen LogP contribution in [0, 0.1) is 11.3 Å². The Balaban J connectivity index is 1.68. The summed E-state index contributed by atoms with van der Waals surface area (Å²) in [6, 6.07) is 20.5. The number of nitriles is 1. The predicted octanol–water partition coefficient (Wildman–Crippen LogP) is 5.97. The highest BCUT2D eigenvalue weighted by atomic mass is 35.5. The van der Waals surface area contributed by atoms with Crippen molar-refractivity contribution in [1.82, 2.24) is 5.43 Å². The van der Waals surface area contributed by atoms with Gasteiger partial charge >= 0.3 is 0 Å². The molecule has 158 valence electrons. The first-order chi connectivity index (χ1) is 15.1. The fraction of sp³-hybridized carbons (Fsp3) is 0.167. The molecule has 3 aromatic carbocycles. The number of hydrazone groups is 1. The molecule has 0 saturated carbocycles. The van der Waals surface area contributed by atoms with Gasteiger partial charge in [-0.3, -0.25) is 0 Å². The van der Waals surface area contributed by atoms with Gasteiger partial charge < -0.3 is 14.9 Å². The normalized spacial score (nSPS) is 10.6. The van der Waals surface area contributed by atoms with E-state index in [1.54, 1.807) is 24.4 Å². The first-order valence-electron chi connectivity index (χ1n) is 9.68. The number of nitrogens with one attached hydrogen (secondary N) is 1. The molecule has 0 amide bonds. The summed E-state index contributed by atoms with van der Waals surface area (Å²) < 4.78 is 11.6. The molecular formula is C24H21Cl2N3O2. The van der Waals surface area contributed by atoms with Crippen LogP contribution in [-0.2, 0) is 13.2 Å². The summed E-state index contributed by atoms with van der Waals surface area (Å²) in [5.41, 5.74) is 6.23. The minimum absolute atomic E-state index is 0.304. The van der Waals surface area contributed by atoms with Crippen molar-refractivity contribution in [3.05, 3.63) is 93.0 Å². The van der Waals surface area contributed by atoms with Crippen molar-refractivity contribution in [2.45, 2.75) is 20.1 Å². The lowest BCUT2D eigenvalue weighted by Crippen LogP contribution is -2.06. The molecule has 5 nitrogen and oxygen atoms in total. The molecule has 0 bridgehead atoms. The van der Waals surface area contributed by atoms with Crippen molar-refractivity contribution < 1.29 is 9.47 Å². The average molecular weight is 454 g/mol. The molecular weight excluding hydrogens is 433 g/mol. The smallest absolute Gasteiger partial charge is 0.180 e. The van der Waals surface area contributed by atoms with Gasteiger partial charge in [0, 0.05) is 5.02 Å². The molecule has 0 unspecified atom stereocenters. The fourth-order valence-corrected chi connectivity index (χ4v) is 3.27. The van der Waals surface area contributed by atoms with Crippen LogP contribution in [0.25, 0.3) is 0 Å². The number of rotatable bonds is 9. The van der Waals surface area contributed by atoms with Crippen LogP contribution < -0.4 is 14.9 Å². The predicted molar refractivity (Wildman–Crippen MR) is 124 cm³/mol. The summed E-state index contributed by atoms with van der Waals surface area (Å²) in [7, 11) is 0. The molecule has 0 spiro atoms. The van der Waals surface area contributed by atoms with E-state index in [1.165, 1.54) is 0 Å². The van der Waals surface area contributed by atoms with E-state index in [1.807, 2.05) is 49.4 Å². The topological polar surface area (TPSA) is 66.6 Å².